The standard InChI is InChI=1S/C22H20ClF2N7O/c23-11-4-14-15(7-27-19(14)16(24)5-11)20-28-8-17(25)21(32-20)30-12-2-1-3-13(6-12)31-22(33)18-9-26-10-29-18/h4-5,7-10,12-13,27H,1-3,6H2,(H,26,29)(H,31,33)(H,28,30,32)/t12-,13+/m0/s1. The number of imidazole rings is 1. The number of aromatic amines is 2. The molecule has 33 heavy (non-hydrogen) atoms. The number of H-pyrrole nitrogens is 2. The molecule has 4 aromatic rings. The van der Waals surface area contributed by atoms with Crippen molar-refractivity contribution in [2.45, 2.75) is 37.8 Å². The third-order valence-corrected chi connectivity index (χ3v) is 5.99. The number of nitrogens with one attached hydrogen (secondary N) is 4. The van der Waals surface area contributed by atoms with Gasteiger partial charge in [-0.15, -0.1) is 0 Å². The Morgan fingerprint density at radius 3 is 2.79 bits per heavy atom. The first-order chi connectivity index (χ1) is 16.0. The summed E-state index contributed by atoms with van der Waals surface area (Å²) in [4.78, 5) is 30.3. The molecule has 0 bridgehead atoms. The molecule has 1 aliphatic rings. The number of carbonyl (C=O) groups excluding carboxylic acids is 1. The fraction of sp³-hybridized carbons (Fsp3) is 0.273. The summed E-state index contributed by atoms with van der Waals surface area (Å²) >= 11 is 6.01. The van der Waals surface area contributed by atoms with E-state index in [4.69, 9.17) is 11.6 Å². The van der Waals surface area contributed by atoms with Gasteiger partial charge in [0.2, 0.25) is 0 Å². The Hall–Kier alpha value is -3.53. The van der Waals surface area contributed by atoms with Gasteiger partial charge in [-0.3, -0.25) is 4.79 Å². The lowest BCUT2D eigenvalue weighted by molar-refractivity contribution is 0.0922. The van der Waals surface area contributed by atoms with E-state index in [1.165, 1.54) is 18.6 Å². The fourth-order valence-electron chi connectivity index (χ4n) is 4.23. The topological polar surface area (TPSA) is 111 Å². The zero-order valence-electron chi connectivity index (χ0n) is 17.3. The van der Waals surface area contributed by atoms with Crippen LogP contribution in [0.3, 0.4) is 0 Å². The summed E-state index contributed by atoms with van der Waals surface area (Å²) in [6.45, 7) is 0. The van der Waals surface area contributed by atoms with Gasteiger partial charge >= 0.3 is 0 Å². The largest absolute Gasteiger partial charge is 0.365 e. The summed E-state index contributed by atoms with van der Waals surface area (Å²) in [5.74, 6) is -1.03. The molecule has 3 aromatic heterocycles. The Balaban J connectivity index is 1.34. The van der Waals surface area contributed by atoms with Crippen LogP contribution in [0.25, 0.3) is 22.3 Å². The van der Waals surface area contributed by atoms with Gasteiger partial charge in [0.05, 0.1) is 18.0 Å². The van der Waals surface area contributed by atoms with Crippen molar-refractivity contribution in [3.8, 4) is 11.4 Å². The highest BCUT2D eigenvalue weighted by Crippen LogP contribution is 2.31. The highest BCUT2D eigenvalue weighted by atomic mass is 35.5. The van der Waals surface area contributed by atoms with Gasteiger partial charge in [-0.05, 0) is 37.8 Å². The second-order valence-electron chi connectivity index (χ2n) is 8.04. The molecule has 2 atom stereocenters. The van der Waals surface area contributed by atoms with E-state index in [1.54, 1.807) is 12.3 Å². The van der Waals surface area contributed by atoms with E-state index in [0.29, 0.717) is 23.1 Å². The molecule has 0 unspecified atom stereocenters. The fourth-order valence-corrected chi connectivity index (χ4v) is 4.43. The molecule has 1 saturated carbocycles. The Morgan fingerprint density at radius 1 is 1.12 bits per heavy atom. The molecule has 0 radical (unpaired) electrons. The van der Waals surface area contributed by atoms with Gasteiger partial charge < -0.3 is 20.6 Å². The monoisotopic (exact) mass is 471 g/mol. The summed E-state index contributed by atoms with van der Waals surface area (Å²) in [7, 11) is 0. The van der Waals surface area contributed by atoms with E-state index < -0.39 is 11.6 Å². The van der Waals surface area contributed by atoms with E-state index >= 15 is 0 Å². The Kier molecular flexibility index (Phi) is 5.67. The molecule has 1 aliphatic carbocycles. The SMILES string of the molecule is O=C(N[C@@H]1CCC[C@H](Nc2nc(-c3c[nH]c4c(F)cc(Cl)cc34)ncc2F)C1)c1c[nH]cn1. The first-order valence-electron chi connectivity index (χ1n) is 10.5. The minimum Gasteiger partial charge on any atom is -0.365 e. The van der Waals surface area contributed by atoms with Crippen LogP contribution in [-0.4, -0.2) is 42.9 Å². The number of amides is 1. The predicted molar refractivity (Wildman–Crippen MR) is 120 cm³/mol. The van der Waals surface area contributed by atoms with Crippen LogP contribution in [0.2, 0.25) is 5.02 Å². The third kappa shape index (κ3) is 4.38. The van der Waals surface area contributed by atoms with Crippen LogP contribution in [0.5, 0.6) is 0 Å². The van der Waals surface area contributed by atoms with Crippen molar-refractivity contribution in [1.29, 1.82) is 0 Å². The van der Waals surface area contributed by atoms with Crippen LogP contribution in [0, 0.1) is 11.6 Å². The molecular weight excluding hydrogens is 452 g/mol. The highest BCUT2D eigenvalue weighted by molar-refractivity contribution is 6.31. The molecule has 0 aliphatic heterocycles. The van der Waals surface area contributed by atoms with Gasteiger partial charge in [-0.2, -0.15) is 0 Å². The van der Waals surface area contributed by atoms with Crippen LogP contribution in [0.1, 0.15) is 36.2 Å². The number of benzene rings is 1. The molecule has 5 rings (SSSR count). The van der Waals surface area contributed by atoms with E-state index in [1.807, 2.05) is 0 Å². The van der Waals surface area contributed by atoms with E-state index in [0.717, 1.165) is 25.5 Å². The highest BCUT2D eigenvalue weighted by Gasteiger charge is 2.25. The van der Waals surface area contributed by atoms with Crippen molar-refractivity contribution >= 4 is 34.2 Å². The van der Waals surface area contributed by atoms with Crippen LogP contribution >= 0.6 is 11.6 Å². The average Bonchev–Trinajstić information content (AvgIpc) is 3.46. The normalized spacial score (nSPS) is 18.4. The zero-order chi connectivity index (χ0) is 22.9. The number of hydrogen-bond acceptors (Lipinski definition) is 5. The summed E-state index contributed by atoms with van der Waals surface area (Å²) in [5.41, 5.74) is 1.12. The van der Waals surface area contributed by atoms with Crippen LogP contribution < -0.4 is 10.6 Å². The first kappa shape index (κ1) is 21.3. The quantitative estimate of drug-likeness (QED) is 0.344. The van der Waals surface area contributed by atoms with Gasteiger partial charge in [-0.25, -0.2) is 23.7 Å². The van der Waals surface area contributed by atoms with Crippen molar-refractivity contribution < 1.29 is 13.6 Å². The van der Waals surface area contributed by atoms with E-state index in [2.05, 4.69) is 35.6 Å². The van der Waals surface area contributed by atoms with Gasteiger partial charge in [0.1, 0.15) is 11.5 Å². The molecule has 0 spiro atoms. The van der Waals surface area contributed by atoms with Crippen LogP contribution in [0.15, 0.2) is 37.1 Å². The van der Waals surface area contributed by atoms with Crippen molar-refractivity contribution in [2.75, 3.05) is 5.32 Å². The first-order valence-corrected chi connectivity index (χ1v) is 10.9. The van der Waals surface area contributed by atoms with Gasteiger partial charge in [0.25, 0.3) is 5.91 Å². The van der Waals surface area contributed by atoms with Crippen LogP contribution in [-0.2, 0) is 0 Å². The second kappa shape index (κ2) is 8.78. The lowest BCUT2D eigenvalue weighted by atomic mass is 9.91. The molecule has 1 fully saturated rings. The lowest BCUT2D eigenvalue weighted by Gasteiger charge is -2.30. The van der Waals surface area contributed by atoms with Crippen molar-refractivity contribution in [2.24, 2.45) is 0 Å². The molecule has 3 heterocycles. The molecular formula is C22H20ClF2N7O. The summed E-state index contributed by atoms with van der Waals surface area (Å²) < 4.78 is 28.7. The van der Waals surface area contributed by atoms with Gasteiger partial charge in [0, 0.05) is 40.4 Å². The number of carbonyl (C=O) groups is 1. The second-order valence-corrected chi connectivity index (χ2v) is 8.47. The predicted octanol–water partition coefficient (Wildman–Crippen LogP) is 4.43. The maximum Gasteiger partial charge on any atom is 0.271 e. The van der Waals surface area contributed by atoms with Crippen LogP contribution in [0.4, 0.5) is 14.6 Å². The maximum atomic E-state index is 14.5. The van der Waals surface area contributed by atoms with Gasteiger partial charge in [0.15, 0.2) is 17.5 Å². The molecule has 8 nitrogen and oxygen atoms in total. The maximum absolute atomic E-state index is 14.5. The lowest BCUT2D eigenvalue weighted by Crippen LogP contribution is -2.42. The minimum absolute atomic E-state index is 0.0566. The summed E-state index contributed by atoms with van der Waals surface area (Å²) in [6.07, 6.45) is 8.76. The van der Waals surface area contributed by atoms with E-state index in [9.17, 15) is 13.6 Å². The number of fused-ring (bicyclic) bond motifs is 1. The molecule has 1 amide bonds. The molecule has 0 saturated heterocycles. The summed E-state index contributed by atoms with van der Waals surface area (Å²) in [5, 5.41) is 6.88. The van der Waals surface area contributed by atoms with Gasteiger partial charge in [-0.1, -0.05) is 11.6 Å². The molecule has 170 valence electrons. The third-order valence-electron chi connectivity index (χ3n) is 5.77. The molecule has 4 N–H and O–H groups in total. The average molecular weight is 472 g/mol. The van der Waals surface area contributed by atoms with Crippen molar-refractivity contribution in [3.63, 3.8) is 0 Å². The number of aromatic nitrogens is 5. The molecule has 11 heteroatoms. The number of halogens is 3. The number of anilines is 1. The van der Waals surface area contributed by atoms with Crippen molar-refractivity contribution in [1.82, 2.24) is 30.2 Å². The number of nitrogens with zero attached hydrogens (tertiary/aromatic N) is 3. The minimum atomic E-state index is -0.592. The van der Waals surface area contributed by atoms with Crippen molar-refractivity contribution in [3.05, 3.63) is 59.4 Å². The van der Waals surface area contributed by atoms with E-state index in [-0.39, 0.29) is 40.2 Å². The number of rotatable bonds is 5. The molecule has 1 aromatic carbocycles. The Labute approximate surface area is 192 Å². The summed E-state index contributed by atoms with van der Waals surface area (Å²) in [6, 6.07) is 2.67. The smallest absolute Gasteiger partial charge is 0.271 e. The zero-order valence-corrected chi connectivity index (χ0v) is 18.1. The Morgan fingerprint density at radius 2 is 1.97 bits per heavy atom. The Bertz CT molecular complexity index is 1310. The number of hydrogen-bond donors (Lipinski definition) is 4.